The average Bonchev–Trinajstić information content (AvgIpc) is 3.31. The first-order valence-corrected chi connectivity index (χ1v) is 9.05. The number of carbonyl (C=O) groups is 1. The van der Waals surface area contributed by atoms with E-state index in [1.165, 1.54) is 28.8 Å². The summed E-state index contributed by atoms with van der Waals surface area (Å²) in [5.41, 5.74) is 0.916. The molecular weight excluding hydrogens is 371 g/mol. The zero-order chi connectivity index (χ0) is 19.3. The van der Waals surface area contributed by atoms with Gasteiger partial charge in [0.15, 0.2) is 16.6 Å². The third-order valence-electron chi connectivity index (χ3n) is 4.28. The summed E-state index contributed by atoms with van der Waals surface area (Å²) < 4.78 is 20.7. The number of hydrogen-bond acceptors (Lipinski definition) is 6. The number of nitrogens with zero attached hydrogens (tertiary/aromatic N) is 2. The molecule has 0 fully saturated rings. The highest BCUT2D eigenvalue weighted by atomic mass is 32.1. The molecule has 0 spiro atoms. The van der Waals surface area contributed by atoms with E-state index in [-0.39, 0.29) is 11.3 Å². The summed E-state index contributed by atoms with van der Waals surface area (Å²) in [6, 6.07) is 7.35. The molecule has 3 aromatic heterocycles. The van der Waals surface area contributed by atoms with Gasteiger partial charge < -0.3 is 14.6 Å². The molecule has 4 rings (SSSR count). The average molecular weight is 386 g/mol. The van der Waals surface area contributed by atoms with Crippen LogP contribution in [0.3, 0.4) is 0 Å². The lowest BCUT2D eigenvalue weighted by Gasteiger charge is -2.05. The van der Waals surface area contributed by atoms with Crippen molar-refractivity contribution in [3.8, 4) is 16.8 Å². The zero-order valence-corrected chi connectivity index (χ0v) is 15.3. The molecule has 0 saturated carbocycles. The van der Waals surface area contributed by atoms with Gasteiger partial charge in [0, 0.05) is 5.69 Å². The largest absolute Gasteiger partial charge is 0.503 e. The van der Waals surface area contributed by atoms with Gasteiger partial charge in [-0.05, 0) is 43.7 Å². The Bertz CT molecular complexity index is 1190. The van der Waals surface area contributed by atoms with Gasteiger partial charge in [0.25, 0.3) is 0 Å². The molecule has 0 bridgehead atoms. The van der Waals surface area contributed by atoms with Crippen LogP contribution in [0.5, 0.6) is 11.6 Å². The molecule has 0 aliphatic carbocycles. The summed E-state index contributed by atoms with van der Waals surface area (Å²) in [5, 5.41) is 21.2. The predicted molar refractivity (Wildman–Crippen MR) is 98.5 cm³/mol. The normalized spacial score (nSPS) is 11.4. The maximum Gasteiger partial charge on any atom is 0.242 e. The van der Waals surface area contributed by atoms with Crippen LogP contribution in [-0.2, 0) is 6.42 Å². The lowest BCUT2D eigenvalue weighted by atomic mass is 10.1. The number of rotatable bonds is 4. The van der Waals surface area contributed by atoms with Crippen LogP contribution in [-0.4, -0.2) is 25.5 Å². The molecule has 2 N–H and O–H groups in total. The van der Waals surface area contributed by atoms with Gasteiger partial charge in [-0.2, -0.15) is 0 Å². The van der Waals surface area contributed by atoms with Gasteiger partial charge in [-0.3, -0.25) is 9.36 Å². The van der Waals surface area contributed by atoms with Crippen LogP contribution in [0.25, 0.3) is 15.3 Å². The van der Waals surface area contributed by atoms with E-state index in [4.69, 9.17) is 4.42 Å². The maximum absolute atomic E-state index is 13.5. The molecule has 1 aromatic carbocycles. The van der Waals surface area contributed by atoms with Crippen LogP contribution in [0.2, 0.25) is 0 Å². The van der Waals surface area contributed by atoms with E-state index in [0.717, 1.165) is 11.3 Å². The predicted octanol–water partition coefficient (Wildman–Crippen LogP) is 4.33. The number of thiazole rings is 1. The van der Waals surface area contributed by atoms with Crippen LogP contribution in [0, 0.1) is 12.7 Å². The van der Waals surface area contributed by atoms with Crippen molar-refractivity contribution >= 4 is 27.3 Å². The number of aryl methyl sites for hydroxylation is 1. The highest BCUT2D eigenvalue weighted by molar-refractivity contribution is 7.20. The van der Waals surface area contributed by atoms with Gasteiger partial charge in [0.2, 0.25) is 11.7 Å². The lowest BCUT2D eigenvalue weighted by molar-refractivity contribution is 0.100. The monoisotopic (exact) mass is 386 g/mol. The molecule has 8 heteroatoms. The van der Waals surface area contributed by atoms with E-state index in [2.05, 4.69) is 4.98 Å². The van der Waals surface area contributed by atoms with E-state index < -0.39 is 23.2 Å². The summed E-state index contributed by atoms with van der Waals surface area (Å²) in [6.07, 6.45) is 0.346. The van der Waals surface area contributed by atoms with Crippen molar-refractivity contribution in [1.29, 1.82) is 0 Å². The minimum absolute atomic E-state index is 0.0326. The smallest absolute Gasteiger partial charge is 0.242 e. The molecule has 4 aromatic rings. The van der Waals surface area contributed by atoms with Crippen molar-refractivity contribution in [3.05, 3.63) is 58.9 Å². The van der Waals surface area contributed by atoms with Crippen molar-refractivity contribution in [3.63, 3.8) is 0 Å². The standard InChI is InChI=1S/C19H15FN2O4S/c1-3-12-15(16(23)13-7-4-9(2)26-13)17(24)18(25)22(12)19-21-11-6-5-10(20)8-14(11)27-19/h4-8,24-25H,3H2,1-2H3. The van der Waals surface area contributed by atoms with Gasteiger partial charge in [-0.25, -0.2) is 9.37 Å². The fraction of sp³-hybridized carbons (Fsp3) is 0.158. The fourth-order valence-corrected chi connectivity index (χ4v) is 4.05. The molecule has 0 atom stereocenters. The minimum atomic E-state index is -0.531. The summed E-state index contributed by atoms with van der Waals surface area (Å²) in [6.45, 7) is 3.50. The number of ketones is 1. The quantitative estimate of drug-likeness (QED) is 0.510. The Morgan fingerprint density at radius 3 is 2.74 bits per heavy atom. The number of benzene rings is 1. The molecule has 0 radical (unpaired) electrons. The highest BCUT2D eigenvalue weighted by Crippen LogP contribution is 2.41. The first kappa shape index (κ1) is 17.3. The Balaban J connectivity index is 1.92. The topological polar surface area (TPSA) is 88.5 Å². The number of aromatic hydroxyl groups is 2. The van der Waals surface area contributed by atoms with Gasteiger partial charge in [0.1, 0.15) is 11.6 Å². The van der Waals surface area contributed by atoms with Crippen LogP contribution in [0.15, 0.2) is 34.7 Å². The summed E-state index contributed by atoms with van der Waals surface area (Å²) in [7, 11) is 0. The van der Waals surface area contributed by atoms with E-state index in [0.29, 0.717) is 33.2 Å². The lowest BCUT2D eigenvalue weighted by Crippen LogP contribution is -2.06. The number of fused-ring (bicyclic) bond motifs is 1. The van der Waals surface area contributed by atoms with Gasteiger partial charge in [0.05, 0.1) is 15.8 Å². The Kier molecular flexibility index (Phi) is 4.00. The Labute approximate surface area is 157 Å². The Morgan fingerprint density at radius 1 is 1.30 bits per heavy atom. The van der Waals surface area contributed by atoms with Crippen molar-refractivity contribution in [2.75, 3.05) is 0 Å². The van der Waals surface area contributed by atoms with Gasteiger partial charge in [-0.1, -0.05) is 18.3 Å². The van der Waals surface area contributed by atoms with E-state index in [1.807, 2.05) is 0 Å². The molecule has 138 valence electrons. The first-order chi connectivity index (χ1) is 12.9. The van der Waals surface area contributed by atoms with E-state index in [9.17, 15) is 19.4 Å². The Morgan fingerprint density at radius 2 is 2.07 bits per heavy atom. The molecule has 0 unspecified atom stereocenters. The van der Waals surface area contributed by atoms with E-state index in [1.54, 1.807) is 19.9 Å². The molecular formula is C19H15FN2O4S. The minimum Gasteiger partial charge on any atom is -0.503 e. The molecule has 0 amide bonds. The third-order valence-corrected chi connectivity index (χ3v) is 5.28. The SMILES string of the molecule is CCc1c(C(=O)c2ccc(C)o2)c(O)c(O)n1-c1nc2ccc(F)cc2s1. The van der Waals surface area contributed by atoms with Crippen LogP contribution >= 0.6 is 11.3 Å². The van der Waals surface area contributed by atoms with E-state index >= 15 is 0 Å². The molecule has 0 aliphatic heterocycles. The Hall–Kier alpha value is -3.13. The van der Waals surface area contributed by atoms with Crippen molar-refractivity contribution in [1.82, 2.24) is 9.55 Å². The third kappa shape index (κ3) is 2.69. The van der Waals surface area contributed by atoms with Crippen LogP contribution in [0.1, 0.15) is 34.5 Å². The summed E-state index contributed by atoms with van der Waals surface area (Å²) >= 11 is 1.15. The van der Waals surface area contributed by atoms with Crippen molar-refractivity contribution in [2.24, 2.45) is 0 Å². The van der Waals surface area contributed by atoms with Crippen molar-refractivity contribution < 1.29 is 23.8 Å². The van der Waals surface area contributed by atoms with Gasteiger partial charge >= 0.3 is 0 Å². The first-order valence-electron chi connectivity index (χ1n) is 8.23. The number of aromatic nitrogens is 2. The number of hydrogen-bond donors (Lipinski definition) is 2. The zero-order valence-electron chi connectivity index (χ0n) is 14.5. The highest BCUT2D eigenvalue weighted by Gasteiger charge is 2.30. The van der Waals surface area contributed by atoms with Crippen LogP contribution in [0.4, 0.5) is 4.39 Å². The molecule has 0 aliphatic rings. The second-order valence-corrected chi connectivity index (χ2v) is 7.04. The fourth-order valence-electron chi connectivity index (χ4n) is 3.04. The molecule has 0 saturated heterocycles. The second-order valence-electron chi connectivity index (χ2n) is 6.03. The number of halogens is 1. The summed E-state index contributed by atoms with van der Waals surface area (Å²) in [5.74, 6) is -1.31. The molecule has 6 nitrogen and oxygen atoms in total. The number of carbonyl (C=O) groups excluding carboxylic acids is 1. The summed E-state index contributed by atoms with van der Waals surface area (Å²) in [4.78, 5) is 17.2. The number of furan rings is 1. The van der Waals surface area contributed by atoms with Crippen LogP contribution < -0.4 is 0 Å². The second kappa shape index (κ2) is 6.24. The maximum atomic E-state index is 13.5. The molecule has 27 heavy (non-hydrogen) atoms. The molecule has 3 heterocycles. The van der Waals surface area contributed by atoms with Crippen molar-refractivity contribution in [2.45, 2.75) is 20.3 Å². The van der Waals surface area contributed by atoms with Gasteiger partial charge in [-0.15, -0.1) is 0 Å².